The van der Waals surface area contributed by atoms with E-state index in [1.165, 1.54) is 17.1 Å². The number of likely N-dealkylation sites (N-methyl/N-ethyl adjacent to an activating group) is 1. The summed E-state index contributed by atoms with van der Waals surface area (Å²) < 4.78 is 12.5. The Bertz CT molecular complexity index is 290. The summed E-state index contributed by atoms with van der Waals surface area (Å²) in [6.07, 6.45) is 0. The maximum Gasteiger partial charge on any atom is 0.123 e. The zero-order valence-corrected chi connectivity index (χ0v) is 7.63. The maximum atomic E-state index is 12.5. The van der Waals surface area contributed by atoms with E-state index in [0.29, 0.717) is 6.54 Å². The molecule has 0 fully saturated rings. The SMILES string of the molecule is C=C(CN(C)N)c1ccc(F)cc1. The van der Waals surface area contributed by atoms with Gasteiger partial charge < -0.3 is 0 Å². The van der Waals surface area contributed by atoms with Crippen LogP contribution in [0.2, 0.25) is 0 Å². The molecule has 0 aromatic heterocycles. The fourth-order valence-electron chi connectivity index (χ4n) is 1.08. The predicted octanol–water partition coefficient (Wildman–Crippen LogP) is 1.64. The smallest absolute Gasteiger partial charge is 0.123 e. The molecule has 0 spiro atoms. The first-order chi connectivity index (χ1) is 6.09. The van der Waals surface area contributed by atoms with Gasteiger partial charge in [-0.25, -0.2) is 9.40 Å². The second kappa shape index (κ2) is 4.16. The molecule has 3 heteroatoms. The Labute approximate surface area is 77.4 Å². The second-order valence-electron chi connectivity index (χ2n) is 3.03. The number of halogens is 1. The Balaban J connectivity index is 2.72. The number of nitrogens with two attached hydrogens (primary N) is 1. The number of hydrogen-bond donors (Lipinski definition) is 1. The molecule has 0 unspecified atom stereocenters. The number of nitrogens with zero attached hydrogens (tertiary/aromatic N) is 1. The van der Waals surface area contributed by atoms with Gasteiger partial charge in [-0.05, 0) is 23.3 Å². The standard InChI is InChI=1S/C10H13FN2/c1-8(7-13(2)12)9-3-5-10(11)6-4-9/h3-6H,1,7,12H2,2H3. The highest BCUT2D eigenvalue weighted by Crippen LogP contribution is 2.12. The van der Waals surface area contributed by atoms with Gasteiger partial charge in [0.05, 0.1) is 0 Å². The van der Waals surface area contributed by atoms with Gasteiger partial charge in [0.25, 0.3) is 0 Å². The van der Waals surface area contributed by atoms with E-state index in [4.69, 9.17) is 5.84 Å². The molecule has 0 aliphatic heterocycles. The van der Waals surface area contributed by atoms with E-state index in [9.17, 15) is 4.39 Å². The molecule has 0 saturated heterocycles. The molecule has 0 bridgehead atoms. The molecule has 0 aliphatic carbocycles. The monoisotopic (exact) mass is 180 g/mol. The summed E-state index contributed by atoms with van der Waals surface area (Å²) in [5.74, 6) is 5.22. The normalized spacial score (nSPS) is 10.5. The van der Waals surface area contributed by atoms with Crippen molar-refractivity contribution in [2.75, 3.05) is 13.6 Å². The zero-order chi connectivity index (χ0) is 9.84. The molecule has 2 nitrogen and oxygen atoms in total. The Morgan fingerprint density at radius 2 is 2.00 bits per heavy atom. The van der Waals surface area contributed by atoms with Gasteiger partial charge >= 0.3 is 0 Å². The van der Waals surface area contributed by atoms with Crippen LogP contribution in [0.15, 0.2) is 30.8 Å². The van der Waals surface area contributed by atoms with Crippen molar-refractivity contribution in [3.05, 3.63) is 42.2 Å². The lowest BCUT2D eigenvalue weighted by molar-refractivity contribution is 0.395. The van der Waals surface area contributed by atoms with Crippen LogP contribution in [0.3, 0.4) is 0 Å². The van der Waals surface area contributed by atoms with Crippen molar-refractivity contribution in [1.29, 1.82) is 0 Å². The van der Waals surface area contributed by atoms with Gasteiger partial charge in [-0.1, -0.05) is 18.7 Å². The minimum atomic E-state index is -0.238. The maximum absolute atomic E-state index is 12.5. The van der Waals surface area contributed by atoms with Gasteiger partial charge in [-0.3, -0.25) is 5.84 Å². The summed E-state index contributed by atoms with van der Waals surface area (Å²) in [6, 6.07) is 6.22. The van der Waals surface area contributed by atoms with Gasteiger partial charge in [0.2, 0.25) is 0 Å². The van der Waals surface area contributed by atoms with Crippen LogP contribution in [0.25, 0.3) is 5.57 Å². The average Bonchev–Trinajstić information content (AvgIpc) is 2.04. The number of benzene rings is 1. The van der Waals surface area contributed by atoms with Crippen LogP contribution >= 0.6 is 0 Å². The summed E-state index contributed by atoms with van der Waals surface area (Å²) in [6.45, 7) is 4.43. The van der Waals surface area contributed by atoms with Crippen molar-refractivity contribution in [3.8, 4) is 0 Å². The van der Waals surface area contributed by atoms with Crippen LogP contribution in [0.1, 0.15) is 5.56 Å². The van der Waals surface area contributed by atoms with E-state index in [0.717, 1.165) is 11.1 Å². The fraction of sp³-hybridized carbons (Fsp3) is 0.200. The van der Waals surface area contributed by atoms with Crippen molar-refractivity contribution in [2.45, 2.75) is 0 Å². The lowest BCUT2D eigenvalue weighted by Gasteiger charge is -2.11. The van der Waals surface area contributed by atoms with Crippen molar-refractivity contribution in [3.63, 3.8) is 0 Å². The van der Waals surface area contributed by atoms with E-state index < -0.39 is 0 Å². The summed E-state index contributed by atoms with van der Waals surface area (Å²) in [7, 11) is 1.76. The molecule has 1 rings (SSSR count). The van der Waals surface area contributed by atoms with E-state index >= 15 is 0 Å². The van der Waals surface area contributed by atoms with Gasteiger partial charge in [0.1, 0.15) is 5.82 Å². The van der Waals surface area contributed by atoms with Gasteiger partial charge in [-0.2, -0.15) is 0 Å². The number of hydrazine groups is 1. The fourth-order valence-corrected chi connectivity index (χ4v) is 1.08. The average molecular weight is 180 g/mol. The van der Waals surface area contributed by atoms with E-state index in [1.54, 1.807) is 19.2 Å². The first-order valence-electron chi connectivity index (χ1n) is 3.99. The van der Waals surface area contributed by atoms with Crippen LogP contribution < -0.4 is 5.84 Å². The molecule has 0 heterocycles. The minimum Gasteiger partial charge on any atom is -0.269 e. The lowest BCUT2D eigenvalue weighted by atomic mass is 10.1. The third-order valence-corrected chi connectivity index (χ3v) is 1.69. The van der Waals surface area contributed by atoms with Crippen LogP contribution in [-0.4, -0.2) is 18.6 Å². The van der Waals surface area contributed by atoms with Gasteiger partial charge in [-0.15, -0.1) is 0 Å². The molecule has 0 atom stereocenters. The third-order valence-electron chi connectivity index (χ3n) is 1.69. The minimum absolute atomic E-state index is 0.238. The molecule has 13 heavy (non-hydrogen) atoms. The van der Waals surface area contributed by atoms with Gasteiger partial charge in [0.15, 0.2) is 0 Å². The molecule has 1 aromatic carbocycles. The van der Waals surface area contributed by atoms with Crippen LogP contribution in [-0.2, 0) is 0 Å². The van der Waals surface area contributed by atoms with Crippen molar-refractivity contribution in [1.82, 2.24) is 5.01 Å². The lowest BCUT2D eigenvalue weighted by Crippen LogP contribution is -2.27. The molecule has 70 valence electrons. The first kappa shape index (κ1) is 9.89. The molecule has 2 N–H and O–H groups in total. The Hall–Kier alpha value is -1.19. The number of rotatable bonds is 3. The number of hydrogen-bond acceptors (Lipinski definition) is 2. The molecule has 1 aromatic rings. The summed E-state index contributed by atoms with van der Waals surface area (Å²) in [5, 5.41) is 1.53. The summed E-state index contributed by atoms with van der Waals surface area (Å²) >= 11 is 0. The highest BCUT2D eigenvalue weighted by atomic mass is 19.1. The van der Waals surface area contributed by atoms with E-state index in [1.807, 2.05) is 0 Å². The molecular weight excluding hydrogens is 167 g/mol. The Morgan fingerprint density at radius 1 is 1.46 bits per heavy atom. The molecule has 0 radical (unpaired) electrons. The molecule has 0 amide bonds. The van der Waals surface area contributed by atoms with Crippen molar-refractivity contribution >= 4 is 5.57 Å². The Kier molecular flexibility index (Phi) is 3.17. The Morgan fingerprint density at radius 3 is 2.46 bits per heavy atom. The summed E-state index contributed by atoms with van der Waals surface area (Å²) in [5.41, 5.74) is 1.80. The molecule has 0 aliphatic rings. The first-order valence-corrected chi connectivity index (χ1v) is 3.99. The third kappa shape index (κ3) is 2.97. The van der Waals surface area contributed by atoms with Crippen molar-refractivity contribution < 1.29 is 4.39 Å². The summed E-state index contributed by atoms with van der Waals surface area (Å²) in [4.78, 5) is 0. The quantitative estimate of drug-likeness (QED) is 0.566. The predicted molar refractivity (Wildman–Crippen MR) is 52.3 cm³/mol. The van der Waals surface area contributed by atoms with E-state index in [-0.39, 0.29) is 5.82 Å². The van der Waals surface area contributed by atoms with Crippen LogP contribution in [0, 0.1) is 5.82 Å². The highest BCUT2D eigenvalue weighted by molar-refractivity contribution is 5.64. The van der Waals surface area contributed by atoms with Crippen LogP contribution in [0.4, 0.5) is 4.39 Å². The van der Waals surface area contributed by atoms with Gasteiger partial charge in [0, 0.05) is 13.6 Å². The topological polar surface area (TPSA) is 29.3 Å². The van der Waals surface area contributed by atoms with Crippen molar-refractivity contribution in [2.24, 2.45) is 5.84 Å². The van der Waals surface area contributed by atoms with E-state index in [2.05, 4.69) is 6.58 Å². The largest absolute Gasteiger partial charge is 0.269 e. The highest BCUT2D eigenvalue weighted by Gasteiger charge is 2.00. The molecular formula is C10H13FN2. The second-order valence-corrected chi connectivity index (χ2v) is 3.03. The molecule has 0 saturated carbocycles. The zero-order valence-electron chi connectivity index (χ0n) is 7.63. The van der Waals surface area contributed by atoms with Crippen LogP contribution in [0.5, 0.6) is 0 Å².